The molecule has 0 fully saturated rings. The average molecular weight is 310 g/mol. The predicted molar refractivity (Wildman–Crippen MR) is 80.9 cm³/mol. The highest BCUT2D eigenvalue weighted by Gasteiger charge is 2.09. The Kier molecular flexibility index (Phi) is 5.19. The molecule has 0 bridgehead atoms. The topological polar surface area (TPSA) is 76.4 Å². The summed E-state index contributed by atoms with van der Waals surface area (Å²) in [4.78, 5) is 11.9. The number of para-hydroxylation sites is 1. The summed E-state index contributed by atoms with van der Waals surface area (Å²) in [6, 6.07) is 7.56. The predicted octanol–water partition coefficient (Wildman–Crippen LogP) is 1.51. The van der Waals surface area contributed by atoms with Gasteiger partial charge in [0.1, 0.15) is 10.8 Å². The van der Waals surface area contributed by atoms with Gasteiger partial charge in [-0.3, -0.25) is 4.79 Å². The van der Waals surface area contributed by atoms with Crippen molar-refractivity contribution in [3.8, 4) is 5.75 Å². The fourth-order valence-electron chi connectivity index (χ4n) is 1.88. The van der Waals surface area contributed by atoms with Crippen molar-refractivity contribution in [2.75, 3.05) is 19.0 Å². The maximum atomic E-state index is 11.9. The molecule has 2 rings (SSSR count). The van der Waals surface area contributed by atoms with Crippen LogP contribution in [0.1, 0.15) is 5.56 Å². The number of rotatable bonds is 6. The molecule has 1 aromatic carbocycles. The lowest BCUT2D eigenvalue weighted by Gasteiger charge is -2.12. The van der Waals surface area contributed by atoms with Gasteiger partial charge in [0.05, 0.1) is 32.1 Å². The number of anilines is 1. The van der Waals surface area contributed by atoms with Gasteiger partial charge in [-0.2, -0.15) is 5.10 Å². The molecule has 0 unspecified atom stereocenters. The number of hydrogen-bond acceptors (Lipinski definition) is 5. The third kappa shape index (κ3) is 3.53. The molecule has 0 saturated heterocycles. The summed E-state index contributed by atoms with van der Waals surface area (Å²) in [5.41, 5.74) is 0.952. The summed E-state index contributed by atoms with van der Waals surface area (Å²) in [6.07, 6.45) is 1.47. The minimum absolute atomic E-state index is 0.0494. The number of halogens is 1. The number of ether oxygens (including phenoxy) is 1. The summed E-state index contributed by atoms with van der Waals surface area (Å²) in [5.74, 6) is 0.753. The van der Waals surface area contributed by atoms with E-state index < -0.39 is 5.56 Å². The molecule has 7 heteroatoms. The zero-order valence-electron chi connectivity index (χ0n) is 11.5. The average Bonchev–Trinajstić information content (AvgIpc) is 2.51. The SMILES string of the molecule is COc1ccccc1CNc1cnn(CCO)c(=O)c1Cl. The van der Waals surface area contributed by atoms with Gasteiger partial charge in [-0.15, -0.1) is 0 Å². The van der Waals surface area contributed by atoms with Gasteiger partial charge in [0.2, 0.25) is 0 Å². The van der Waals surface area contributed by atoms with Crippen LogP contribution in [0.15, 0.2) is 35.3 Å². The molecule has 0 aliphatic heterocycles. The Morgan fingerprint density at radius 3 is 2.90 bits per heavy atom. The van der Waals surface area contributed by atoms with E-state index in [-0.39, 0.29) is 18.2 Å². The van der Waals surface area contributed by atoms with Gasteiger partial charge < -0.3 is 15.2 Å². The number of aromatic nitrogens is 2. The Hall–Kier alpha value is -2.05. The fourth-order valence-corrected chi connectivity index (χ4v) is 2.09. The Morgan fingerprint density at radius 2 is 2.19 bits per heavy atom. The van der Waals surface area contributed by atoms with Crippen LogP contribution in [0.3, 0.4) is 0 Å². The van der Waals surface area contributed by atoms with Crippen molar-refractivity contribution < 1.29 is 9.84 Å². The number of nitrogens with one attached hydrogen (secondary N) is 1. The lowest BCUT2D eigenvalue weighted by atomic mass is 10.2. The van der Waals surface area contributed by atoms with E-state index in [1.165, 1.54) is 6.20 Å². The number of aliphatic hydroxyl groups is 1. The van der Waals surface area contributed by atoms with Crippen LogP contribution in [0.5, 0.6) is 5.75 Å². The number of hydrogen-bond donors (Lipinski definition) is 2. The van der Waals surface area contributed by atoms with E-state index in [0.29, 0.717) is 12.2 Å². The second-order valence-corrected chi connectivity index (χ2v) is 4.67. The van der Waals surface area contributed by atoms with Crippen LogP contribution < -0.4 is 15.6 Å². The zero-order chi connectivity index (χ0) is 15.2. The van der Waals surface area contributed by atoms with Crippen molar-refractivity contribution in [3.05, 3.63) is 51.4 Å². The molecular formula is C14H16ClN3O3. The minimum Gasteiger partial charge on any atom is -0.496 e. The molecule has 21 heavy (non-hydrogen) atoms. The molecule has 0 amide bonds. The van der Waals surface area contributed by atoms with E-state index in [1.54, 1.807) is 7.11 Å². The Balaban J connectivity index is 2.17. The van der Waals surface area contributed by atoms with Gasteiger partial charge in [0, 0.05) is 12.1 Å². The van der Waals surface area contributed by atoms with Gasteiger partial charge in [-0.05, 0) is 6.07 Å². The van der Waals surface area contributed by atoms with Gasteiger partial charge in [0.25, 0.3) is 5.56 Å². The molecule has 1 heterocycles. The number of benzene rings is 1. The first-order valence-electron chi connectivity index (χ1n) is 6.39. The van der Waals surface area contributed by atoms with Crippen LogP contribution in [-0.4, -0.2) is 28.6 Å². The summed E-state index contributed by atoms with van der Waals surface area (Å²) < 4.78 is 6.38. The molecule has 0 saturated carbocycles. The van der Waals surface area contributed by atoms with E-state index in [9.17, 15) is 4.79 Å². The first-order valence-corrected chi connectivity index (χ1v) is 6.77. The quantitative estimate of drug-likeness (QED) is 0.846. The summed E-state index contributed by atoms with van der Waals surface area (Å²) in [6.45, 7) is 0.400. The van der Waals surface area contributed by atoms with E-state index in [1.807, 2.05) is 24.3 Å². The van der Waals surface area contributed by atoms with Crippen molar-refractivity contribution in [2.45, 2.75) is 13.1 Å². The van der Waals surface area contributed by atoms with Gasteiger partial charge in [-0.25, -0.2) is 4.68 Å². The maximum Gasteiger partial charge on any atom is 0.287 e. The highest BCUT2D eigenvalue weighted by atomic mass is 35.5. The lowest BCUT2D eigenvalue weighted by molar-refractivity contribution is 0.266. The molecule has 2 N–H and O–H groups in total. The first kappa shape index (κ1) is 15.3. The third-order valence-corrected chi connectivity index (χ3v) is 3.32. The third-order valence-electron chi connectivity index (χ3n) is 2.96. The zero-order valence-corrected chi connectivity index (χ0v) is 12.3. The molecule has 0 spiro atoms. The normalized spacial score (nSPS) is 10.4. The van der Waals surface area contributed by atoms with Crippen LogP contribution in [0.25, 0.3) is 0 Å². The van der Waals surface area contributed by atoms with E-state index in [2.05, 4.69) is 10.4 Å². The van der Waals surface area contributed by atoms with Crippen LogP contribution >= 0.6 is 11.6 Å². The summed E-state index contributed by atoms with van der Waals surface area (Å²) in [7, 11) is 1.60. The molecule has 0 radical (unpaired) electrons. The van der Waals surface area contributed by atoms with Gasteiger partial charge >= 0.3 is 0 Å². The molecule has 0 aliphatic rings. The number of methoxy groups -OCH3 is 1. The van der Waals surface area contributed by atoms with Crippen molar-refractivity contribution in [2.24, 2.45) is 0 Å². The number of aliphatic hydroxyl groups excluding tert-OH is 1. The van der Waals surface area contributed by atoms with E-state index in [4.69, 9.17) is 21.4 Å². The highest BCUT2D eigenvalue weighted by Crippen LogP contribution is 2.21. The van der Waals surface area contributed by atoms with Crippen LogP contribution in [0.2, 0.25) is 5.02 Å². The maximum absolute atomic E-state index is 11.9. The molecular weight excluding hydrogens is 294 g/mol. The molecule has 112 valence electrons. The second-order valence-electron chi connectivity index (χ2n) is 4.29. The largest absolute Gasteiger partial charge is 0.496 e. The van der Waals surface area contributed by atoms with Crippen LogP contribution in [0, 0.1) is 0 Å². The second kappa shape index (κ2) is 7.10. The Labute approximate surface area is 126 Å². The molecule has 0 atom stereocenters. The summed E-state index contributed by atoms with van der Waals surface area (Å²) >= 11 is 6.03. The van der Waals surface area contributed by atoms with Gasteiger partial charge in [-0.1, -0.05) is 29.8 Å². The standard InChI is InChI=1S/C14H16ClN3O3/c1-21-12-5-3-2-4-10(12)8-16-11-9-17-18(6-7-19)14(20)13(11)15/h2-5,9,16,19H,6-8H2,1H3. The molecule has 0 aliphatic carbocycles. The monoisotopic (exact) mass is 309 g/mol. The Morgan fingerprint density at radius 1 is 1.43 bits per heavy atom. The fraction of sp³-hybridized carbons (Fsp3) is 0.286. The highest BCUT2D eigenvalue weighted by molar-refractivity contribution is 6.32. The van der Waals surface area contributed by atoms with Crippen molar-refractivity contribution in [1.29, 1.82) is 0 Å². The molecule has 6 nitrogen and oxygen atoms in total. The van der Waals surface area contributed by atoms with Gasteiger partial charge in [0.15, 0.2) is 0 Å². The van der Waals surface area contributed by atoms with Crippen LogP contribution in [-0.2, 0) is 13.1 Å². The summed E-state index contributed by atoms with van der Waals surface area (Å²) in [5, 5.41) is 15.9. The van der Waals surface area contributed by atoms with Crippen LogP contribution in [0.4, 0.5) is 5.69 Å². The molecule has 1 aromatic heterocycles. The Bertz CT molecular complexity index is 673. The minimum atomic E-state index is -0.434. The smallest absolute Gasteiger partial charge is 0.287 e. The van der Waals surface area contributed by atoms with E-state index in [0.717, 1.165) is 16.0 Å². The van der Waals surface area contributed by atoms with Crippen molar-refractivity contribution in [1.82, 2.24) is 9.78 Å². The first-order chi connectivity index (χ1) is 10.2. The number of nitrogens with zero attached hydrogens (tertiary/aromatic N) is 2. The lowest BCUT2D eigenvalue weighted by Crippen LogP contribution is -2.25. The molecule has 2 aromatic rings. The van der Waals surface area contributed by atoms with Crippen molar-refractivity contribution in [3.63, 3.8) is 0 Å². The van der Waals surface area contributed by atoms with Crippen molar-refractivity contribution >= 4 is 17.3 Å². The van der Waals surface area contributed by atoms with E-state index >= 15 is 0 Å².